The molecule has 0 saturated carbocycles. The van der Waals surface area contributed by atoms with E-state index in [9.17, 15) is 9.18 Å². The number of fused-ring (bicyclic) bond motifs is 1. The van der Waals surface area contributed by atoms with Crippen molar-refractivity contribution in [1.82, 2.24) is 20.1 Å². The van der Waals surface area contributed by atoms with Crippen molar-refractivity contribution >= 4 is 27.5 Å². The molecule has 1 aliphatic heterocycles. The standard InChI is InChI=1S/C22H19FN4O2S/c23-15-7-5-14(6-8-15)18-13-19(26-25-18)21(28)27-11-9-16(10-12-27)29-22-24-17-3-1-2-4-20(17)30-22/h1-8,13,16H,9-12H2,(H,25,26). The van der Waals surface area contributed by atoms with Crippen molar-refractivity contribution in [2.45, 2.75) is 18.9 Å². The molecule has 4 aromatic rings. The van der Waals surface area contributed by atoms with Crippen molar-refractivity contribution in [3.63, 3.8) is 0 Å². The van der Waals surface area contributed by atoms with Gasteiger partial charge in [0.2, 0.25) is 0 Å². The highest BCUT2D eigenvalue weighted by Gasteiger charge is 2.26. The molecule has 5 rings (SSSR count). The van der Waals surface area contributed by atoms with Gasteiger partial charge in [0.1, 0.15) is 17.6 Å². The summed E-state index contributed by atoms with van der Waals surface area (Å²) in [6.45, 7) is 1.22. The number of carbonyl (C=O) groups excluding carboxylic acids is 1. The van der Waals surface area contributed by atoms with Crippen LogP contribution in [0.25, 0.3) is 21.5 Å². The largest absolute Gasteiger partial charge is 0.467 e. The number of hydrogen-bond donors (Lipinski definition) is 1. The van der Waals surface area contributed by atoms with Crippen LogP contribution in [-0.4, -0.2) is 45.2 Å². The maximum atomic E-state index is 13.1. The number of hydrogen-bond acceptors (Lipinski definition) is 5. The molecule has 0 radical (unpaired) electrons. The third kappa shape index (κ3) is 3.78. The molecule has 1 aliphatic rings. The smallest absolute Gasteiger partial charge is 0.274 e. The zero-order valence-corrected chi connectivity index (χ0v) is 16.9. The van der Waals surface area contributed by atoms with Gasteiger partial charge in [0.05, 0.1) is 15.9 Å². The summed E-state index contributed by atoms with van der Waals surface area (Å²) in [5.74, 6) is -0.393. The molecule has 2 aromatic heterocycles. The van der Waals surface area contributed by atoms with Gasteiger partial charge in [0.25, 0.3) is 11.1 Å². The van der Waals surface area contributed by atoms with Crippen LogP contribution in [0.4, 0.5) is 4.39 Å². The van der Waals surface area contributed by atoms with E-state index < -0.39 is 0 Å². The van der Waals surface area contributed by atoms with E-state index >= 15 is 0 Å². The summed E-state index contributed by atoms with van der Waals surface area (Å²) in [5.41, 5.74) is 2.75. The second-order valence-electron chi connectivity index (χ2n) is 7.23. The number of amides is 1. The number of benzene rings is 2. The molecule has 0 aliphatic carbocycles. The van der Waals surface area contributed by atoms with Crippen molar-refractivity contribution < 1.29 is 13.9 Å². The fourth-order valence-corrected chi connectivity index (χ4v) is 4.47. The summed E-state index contributed by atoms with van der Waals surface area (Å²) in [7, 11) is 0. The summed E-state index contributed by atoms with van der Waals surface area (Å²) in [5, 5.41) is 7.68. The number of para-hydroxylation sites is 1. The zero-order valence-electron chi connectivity index (χ0n) is 16.0. The van der Waals surface area contributed by atoms with Gasteiger partial charge in [-0.3, -0.25) is 9.89 Å². The Balaban J connectivity index is 1.20. The highest BCUT2D eigenvalue weighted by atomic mass is 32.1. The third-order valence-electron chi connectivity index (χ3n) is 5.22. The van der Waals surface area contributed by atoms with Crippen molar-refractivity contribution in [2.24, 2.45) is 0 Å². The van der Waals surface area contributed by atoms with Crippen LogP contribution < -0.4 is 4.74 Å². The summed E-state index contributed by atoms with van der Waals surface area (Å²) in [4.78, 5) is 19.2. The lowest BCUT2D eigenvalue weighted by Gasteiger charge is -2.31. The highest BCUT2D eigenvalue weighted by Crippen LogP contribution is 2.29. The van der Waals surface area contributed by atoms with Crippen molar-refractivity contribution in [3.8, 4) is 16.5 Å². The van der Waals surface area contributed by atoms with Gasteiger partial charge >= 0.3 is 0 Å². The summed E-state index contributed by atoms with van der Waals surface area (Å²) >= 11 is 1.55. The lowest BCUT2D eigenvalue weighted by atomic mass is 10.1. The van der Waals surface area contributed by atoms with Crippen LogP contribution in [0, 0.1) is 5.82 Å². The molecule has 8 heteroatoms. The van der Waals surface area contributed by atoms with Gasteiger partial charge in [-0.05, 0) is 42.5 Å². The Morgan fingerprint density at radius 3 is 2.67 bits per heavy atom. The average molecular weight is 422 g/mol. The fourth-order valence-electron chi connectivity index (χ4n) is 3.59. The van der Waals surface area contributed by atoms with Gasteiger partial charge in [0, 0.05) is 31.5 Å². The molecule has 0 spiro atoms. The first kappa shape index (κ1) is 18.7. The number of nitrogens with zero attached hydrogens (tertiary/aromatic N) is 3. The van der Waals surface area contributed by atoms with E-state index in [4.69, 9.17) is 4.74 Å². The normalized spacial score (nSPS) is 14.9. The SMILES string of the molecule is O=C(c1cc(-c2ccc(F)cc2)n[nH]1)N1CCC(Oc2nc3ccccc3s2)CC1. The molecule has 1 fully saturated rings. The van der Waals surface area contributed by atoms with Crippen LogP contribution in [0.15, 0.2) is 54.6 Å². The number of carbonyl (C=O) groups is 1. The Labute approximate surface area is 176 Å². The van der Waals surface area contributed by atoms with E-state index in [0.29, 0.717) is 29.7 Å². The van der Waals surface area contributed by atoms with Crippen LogP contribution >= 0.6 is 11.3 Å². The molecule has 0 unspecified atom stereocenters. The molecule has 1 saturated heterocycles. The lowest BCUT2D eigenvalue weighted by molar-refractivity contribution is 0.0590. The second-order valence-corrected chi connectivity index (χ2v) is 8.22. The minimum atomic E-state index is -0.304. The van der Waals surface area contributed by atoms with Gasteiger partial charge < -0.3 is 9.64 Å². The molecular formula is C22H19FN4O2S. The molecule has 2 aromatic carbocycles. The maximum Gasteiger partial charge on any atom is 0.274 e. The number of ether oxygens (including phenoxy) is 1. The lowest BCUT2D eigenvalue weighted by Crippen LogP contribution is -2.41. The number of aromatic amines is 1. The fraction of sp³-hybridized carbons (Fsp3) is 0.227. The first-order valence-corrected chi connectivity index (χ1v) is 10.6. The number of thiazole rings is 1. The second kappa shape index (κ2) is 7.87. The van der Waals surface area contributed by atoms with Gasteiger partial charge in [0.15, 0.2) is 0 Å². The Kier molecular flexibility index (Phi) is 4.92. The van der Waals surface area contributed by atoms with E-state index in [-0.39, 0.29) is 17.8 Å². The molecule has 3 heterocycles. The zero-order chi connectivity index (χ0) is 20.5. The van der Waals surface area contributed by atoms with E-state index in [1.165, 1.54) is 12.1 Å². The Morgan fingerprint density at radius 1 is 1.13 bits per heavy atom. The van der Waals surface area contributed by atoms with Crippen molar-refractivity contribution in [3.05, 3.63) is 66.1 Å². The number of H-pyrrole nitrogens is 1. The van der Waals surface area contributed by atoms with E-state index in [2.05, 4.69) is 15.2 Å². The molecule has 1 amide bonds. The summed E-state index contributed by atoms with van der Waals surface area (Å²) in [6.07, 6.45) is 1.55. The number of nitrogens with one attached hydrogen (secondary N) is 1. The predicted molar refractivity (Wildman–Crippen MR) is 113 cm³/mol. The topological polar surface area (TPSA) is 71.1 Å². The van der Waals surface area contributed by atoms with Crippen LogP contribution in [0.5, 0.6) is 5.19 Å². The van der Waals surface area contributed by atoms with Crippen LogP contribution in [0.3, 0.4) is 0 Å². The minimum absolute atomic E-state index is 0.0474. The monoisotopic (exact) mass is 422 g/mol. The number of aromatic nitrogens is 3. The third-order valence-corrected chi connectivity index (χ3v) is 6.15. The van der Waals surface area contributed by atoms with Gasteiger partial charge in [-0.25, -0.2) is 9.37 Å². The van der Waals surface area contributed by atoms with Crippen molar-refractivity contribution in [1.29, 1.82) is 0 Å². The molecular weight excluding hydrogens is 403 g/mol. The molecule has 152 valence electrons. The molecule has 0 bridgehead atoms. The minimum Gasteiger partial charge on any atom is -0.467 e. The number of piperidine rings is 1. The Hall–Kier alpha value is -3.26. The quantitative estimate of drug-likeness (QED) is 0.525. The average Bonchev–Trinajstić information content (AvgIpc) is 3.41. The van der Waals surface area contributed by atoms with E-state index in [1.807, 2.05) is 24.3 Å². The predicted octanol–water partition coefficient (Wildman–Crippen LogP) is 4.51. The molecule has 30 heavy (non-hydrogen) atoms. The summed E-state index contributed by atoms with van der Waals surface area (Å²) < 4.78 is 20.3. The van der Waals surface area contributed by atoms with Gasteiger partial charge in [-0.15, -0.1) is 0 Å². The van der Waals surface area contributed by atoms with Crippen LogP contribution in [0.2, 0.25) is 0 Å². The number of likely N-dealkylation sites (tertiary alicyclic amines) is 1. The Bertz CT molecular complexity index is 1150. The molecule has 6 nitrogen and oxygen atoms in total. The number of rotatable bonds is 4. The highest BCUT2D eigenvalue weighted by molar-refractivity contribution is 7.20. The van der Waals surface area contributed by atoms with Crippen LogP contribution in [-0.2, 0) is 0 Å². The number of halogens is 1. The molecule has 0 atom stereocenters. The first-order chi connectivity index (χ1) is 14.7. The molecule has 1 N–H and O–H groups in total. The van der Waals surface area contributed by atoms with Gasteiger partial charge in [-0.1, -0.05) is 23.5 Å². The maximum absolute atomic E-state index is 13.1. The summed E-state index contributed by atoms with van der Waals surface area (Å²) in [6, 6.07) is 15.7. The van der Waals surface area contributed by atoms with Gasteiger partial charge in [-0.2, -0.15) is 5.10 Å². The Morgan fingerprint density at radius 2 is 1.90 bits per heavy atom. The van der Waals surface area contributed by atoms with Crippen molar-refractivity contribution in [2.75, 3.05) is 13.1 Å². The first-order valence-electron chi connectivity index (χ1n) is 9.78. The van der Waals surface area contributed by atoms with E-state index in [0.717, 1.165) is 28.6 Å². The van der Waals surface area contributed by atoms with Crippen LogP contribution in [0.1, 0.15) is 23.3 Å². The van der Waals surface area contributed by atoms with E-state index in [1.54, 1.807) is 34.4 Å².